The summed E-state index contributed by atoms with van der Waals surface area (Å²) in [5.74, 6) is -0.146. The lowest BCUT2D eigenvalue weighted by Crippen LogP contribution is -2.28. The Balaban J connectivity index is 1.87. The molecule has 0 radical (unpaired) electrons. The van der Waals surface area contributed by atoms with Gasteiger partial charge in [0.1, 0.15) is 0 Å². The van der Waals surface area contributed by atoms with Gasteiger partial charge in [-0.25, -0.2) is 0 Å². The normalized spacial score (nSPS) is 12.0. The third-order valence-corrected chi connectivity index (χ3v) is 5.30. The van der Waals surface area contributed by atoms with Crippen LogP contribution in [0.4, 0.5) is 0 Å². The van der Waals surface area contributed by atoms with Gasteiger partial charge in [0, 0.05) is 16.0 Å². The lowest BCUT2D eigenvalue weighted by atomic mass is 9.93. The Morgan fingerprint density at radius 2 is 1.62 bits per heavy atom. The lowest BCUT2D eigenvalue weighted by Gasteiger charge is -2.19. The first-order valence-corrected chi connectivity index (χ1v) is 9.93. The minimum atomic E-state index is -0.146. The number of rotatable bonds is 4. The first kappa shape index (κ1) is 19.2. The summed E-state index contributed by atoms with van der Waals surface area (Å²) in [6, 6.07) is 25.3. The summed E-state index contributed by atoms with van der Waals surface area (Å²) < 4.78 is 0. The van der Waals surface area contributed by atoms with Gasteiger partial charge >= 0.3 is 0 Å². The summed E-state index contributed by atoms with van der Waals surface area (Å²) >= 11 is 6.29. The Kier molecular flexibility index (Phi) is 5.32. The quantitative estimate of drug-likeness (QED) is 0.433. The second kappa shape index (κ2) is 8.06. The summed E-state index contributed by atoms with van der Waals surface area (Å²) in [6.07, 6.45) is 0. The number of aromatic nitrogens is 1. The highest BCUT2D eigenvalue weighted by Gasteiger charge is 2.22. The number of halogens is 1. The predicted octanol–water partition coefficient (Wildman–Crippen LogP) is 6.35. The molecule has 1 heterocycles. The minimum absolute atomic E-state index is 0.123. The first-order chi connectivity index (χ1) is 14.0. The summed E-state index contributed by atoms with van der Waals surface area (Å²) in [7, 11) is 0. The minimum Gasteiger partial charge on any atom is -0.345 e. The molecule has 29 heavy (non-hydrogen) atoms. The maximum atomic E-state index is 13.4. The van der Waals surface area contributed by atoms with E-state index in [-0.39, 0.29) is 11.9 Å². The molecule has 4 heteroatoms. The molecule has 3 nitrogen and oxygen atoms in total. The highest BCUT2D eigenvalue weighted by molar-refractivity contribution is 6.31. The molecule has 1 amide bonds. The first-order valence-electron chi connectivity index (χ1n) is 9.55. The molecule has 0 spiro atoms. The molecule has 1 N–H and O–H groups in total. The molecule has 0 aliphatic rings. The number of nitrogens with zero attached hydrogens (tertiary/aromatic N) is 1. The van der Waals surface area contributed by atoms with Gasteiger partial charge in [0.25, 0.3) is 5.91 Å². The molecular formula is C25H21ClN2O. The molecule has 0 fully saturated rings. The Morgan fingerprint density at radius 3 is 2.31 bits per heavy atom. The van der Waals surface area contributed by atoms with Crippen LogP contribution in [-0.4, -0.2) is 10.9 Å². The summed E-state index contributed by atoms with van der Waals surface area (Å²) in [5, 5.41) is 4.61. The Labute approximate surface area is 175 Å². The van der Waals surface area contributed by atoms with Crippen LogP contribution in [0.25, 0.3) is 22.0 Å². The van der Waals surface area contributed by atoms with Crippen molar-refractivity contribution in [2.24, 2.45) is 0 Å². The van der Waals surface area contributed by atoms with Crippen molar-refractivity contribution in [1.82, 2.24) is 10.3 Å². The van der Waals surface area contributed by atoms with Crippen molar-refractivity contribution in [3.05, 3.63) is 101 Å². The fraction of sp³-hybridized carbons (Fsp3) is 0.120. The monoisotopic (exact) mass is 400 g/mol. The fourth-order valence-electron chi connectivity index (χ4n) is 3.63. The number of nitrogens with one attached hydrogen (secondary N) is 1. The van der Waals surface area contributed by atoms with Crippen LogP contribution >= 0.6 is 11.6 Å². The molecule has 0 saturated carbocycles. The van der Waals surface area contributed by atoms with Crippen LogP contribution in [0.5, 0.6) is 0 Å². The molecule has 4 aromatic rings. The number of fused-ring (bicyclic) bond motifs is 1. The van der Waals surface area contributed by atoms with Crippen molar-refractivity contribution < 1.29 is 4.79 Å². The molecule has 144 valence electrons. The van der Waals surface area contributed by atoms with E-state index >= 15 is 0 Å². The number of amides is 1. The molecule has 4 rings (SSSR count). The largest absolute Gasteiger partial charge is 0.345 e. The van der Waals surface area contributed by atoms with Crippen molar-refractivity contribution in [1.29, 1.82) is 0 Å². The van der Waals surface area contributed by atoms with Crippen LogP contribution in [0.15, 0.2) is 78.9 Å². The van der Waals surface area contributed by atoms with E-state index in [1.54, 1.807) is 0 Å². The van der Waals surface area contributed by atoms with E-state index in [2.05, 4.69) is 10.3 Å². The van der Waals surface area contributed by atoms with Gasteiger partial charge in [0.15, 0.2) is 0 Å². The van der Waals surface area contributed by atoms with Gasteiger partial charge in [0.2, 0.25) is 0 Å². The molecule has 0 aliphatic carbocycles. The molecule has 1 aromatic heterocycles. The second-order valence-corrected chi connectivity index (χ2v) is 7.52. The van der Waals surface area contributed by atoms with E-state index in [1.165, 1.54) is 0 Å². The van der Waals surface area contributed by atoms with Crippen LogP contribution in [0.1, 0.15) is 34.6 Å². The molecule has 3 aromatic carbocycles. The predicted molar refractivity (Wildman–Crippen MR) is 119 cm³/mol. The van der Waals surface area contributed by atoms with Gasteiger partial charge in [-0.1, -0.05) is 72.3 Å². The highest BCUT2D eigenvalue weighted by Crippen LogP contribution is 2.34. The van der Waals surface area contributed by atoms with Gasteiger partial charge in [-0.15, -0.1) is 0 Å². The topological polar surface area (TPSA) is 42.0 Å². The van der Waals surface area contributed by atoms with Gasteiger partial charge in [-0.05, 0) is 43.2 Å². The maximum Gasteiger partial charge on any atom is 0.254 e. The molecule has 1 atom stereocenters. The number of carbonyl (C=O) groups is 1. The van der Waals surface area contributed by atoms with Gasteiger partial charge in [0.05, 0.1) is 22.8 Å². The Hall–Kier alpha value is -3.17. The van der Waals surface area contributed by atoms with Gasteiger partial charge in [-0.2, -0.15) is 0 Å². The third-order valence-electron chi connectivity index (χ3n) is 5.06. The molecule has 0 bridgehead atoms. The number of pyridine rings is 1. The lowest BCUT2D eigenvalue weighted by molar-refractivity contribution is 0.0939. The summed E-state index contributed by atoms with van der Waals surface area (Å²) in [6.45, 7) is 3.86. The Bertz CT molecular complexity index is 1170. The van der Waals surface area contributed by atoms with E-state index in [4.69, 9.17) is 11.6 Å². The Morgan fingerprint density at radius 1 is 0.966 bits per heavy atom. The standard InChI is InChI=1S/C25H21ClN2O/c1-16(18-9-5-3-6-10-18)28-25(29)23-17(2)27-22-14-13-20(26)15-21(22)24(23)19-11-7-4-8-12-19/h3-16H,1-2H3,(H,28,29)/t16-/m1/s1. The molecule has 0 unspecified atom stereocenters. The molecule has 0 saturated heterocycles. The SMILES string of the molecule is Cc1nc2ccc(Cl)cc2c(-c2ccccc2)c1C(=O)N[C@H](C)c1ccccc1. The number of benzene rings is 3. The highest BCUT2D eigenvalue weighted by atomic mass is 35.5. The fourth-order valence-corrected chi connectivity index (χ4v) is 3.81. The van der Waals surface area contributed by atoms with Crippen LogP contribution in [0, 0.1) is 6.92 Å². The summed E-state index contributed by atoms with van der Waals surface area (Å²) in [5.41, 5.74) is 4.95. The smallest absolute Gasteiger partial charge is 0.254 e. The van der Waals surface area contributed by atoms with Crippen LogP contribution in [0.3, 0.4) is 0 Å². The number of carbonyl (C=O) groups excluding carboxylic acids is 1. The van der Waals surface area contributed by atoms with Gasteiger partial charge < -0.3 is 5.32 Å². The van der Waals surface area contributed by atoms with Crippen molar-refractivity contribution >= 4 is 28.4 Å². The van der Waals surface area contributed by atoms with Crippen molar-refractivity contribution in [2.75, 3.05) is 0 Å². The average Bonchev–Trinajstić information content (AvgIpc) is 2.74. The number of aryl methyl sites for hydroxylation is 1. The molecular weight excluding hydrogens is 380 g/mol. The van der Waals surface area contributed by atoms with Crippen molar-refractivity contribution in [3.63, 3.8) is 0 Å². The van der Waals surface area contributed by atoms with E-state index in [0.29, 0.717) is 16.3 Å². The summed E-state index contributed by atoms with van der Waals surface area (Å²) in [4.78, 5) is 18.1. The van der Waals surface area contributed by atoms with E-state index in [0.717, 1.165) is 27.6 Å². The van der Waals surface area contributed by atoms with Crippen molar-refractivity contribution in [2.45, 2.75) is 19.9 Å². The van der Waals surface area contributed by atoms with Crippen LogP contribution < -0.4 is 5.32 Å². The zero-order valence-electron chi connectivity index (χ0n) is 16.3. The zero-order valence-corrected chi connectivity index (χ0v) is 17.1. The number of hydrogen-bond acceptors (Lipinski definition) is 2. The van der Waals surface area contributed by atoms with E-state index < -0.39 is 0 Å². The average molecular weight is 401 g/mol. The van der Waals surface area contributed by atoms with Crippen molar-refractivity contribution in [3.8, 4) is 11.1 Å². The van der Waals surface area contributed by atoms with Gasteiger partial charge in [-0.3, -0.25) is 9.78 Å². The molecule has 0 aliphatic heterocycles. The zero-order chi connectivity index (χ0) is 20.4. The maximum absolute atomic E-state index is 13.4. The van der Waals surface area contributed by atoms with Crippen LogP contribution in [-0.2, 0) is 0 Å². The van der Waals surface area contributed by atoms with E-state index in [1.807, 2.05) is 92.7 Å². The van der Waals surface area contributed by atoms with E-state index in [9.17, 15) is 4.79 Å². The third kappa shape index (κ3) is 3.87. The number of hydrogen-bond donors (Lipinski definition) is 1. The second-order valence-electron chi connectivity index (χ2n) is 7.08. The van der Waals surface area contributed by atoms with Crippen LogP contribution in [0.2, 0.25) is 5.02 Å².